The van der Waals surface area contributed by atoms with Crippen molar-refractivity contribution in [3.05, 3.63) is 54.1 Å². The topological polar surface area (TPSA) is 114 Å². The number of nitrogens with zero attached hydrogens (tertiary/aromatic N) is 1. The number of sulfonamides is 1. The van der Waals surface area contributed by atoms with Crippen LogP contribution in [0.2, 0.25) is 0 Å². The quantitative estimate of drug-likeness (QED) is 0.520. The van der Waals surface area contributed by atoms with Gasteiger partial charge in [-0.3, -0.25) is 9.59 Å². The standard InChI is InChI=1S/C24H31N3O6S/c1-17(2)23(26-34(30,31)21-10-4-18(3)5-11-21)24(29)33-16-22(28)25-19-6-8-20(9-7-19)27-12-14-32-15-13-27/h4-11,17,23,26H,12-16H2,1-3H3,(H,25,28)/t23-/m0/s1. The lowest BCUT2D eigenvalue weighted by Gasteiger charge is -2.28. The minimum Gasteiger partial charge on any atom is -0.454 e. The van der Waals surface area contributed by atoms with Crippen LogP contribution in [-0.2, 0) is 29.1 Å². The fraction of sp³-hybridized carbons (Fsp3) is 0.417. The zero-order valence-electron chi connectivity index (χ0n) is 19.6. The van der Waals surface area contributed by atoms with Crippen molar-refractivity contribution < 1.29 is 27.5 Å². The van der Waals surface area contributed by atoms with Crippen molar-refractivity contribution in [2.24, 2.45) is 5.92 Å². The summed E-state index contributed by atoms with van der Waals surface area (Å²) in [4.78, 5) is 27.1. The van der Waals surface area contributed by atoms with E-state index in [1.54, 1.807) is 38.1 Å². The minimum absolute atomic E-state index is 0.0508. The molecule has 34 heavy (non-hydrogen) atoms. The van der Waals surface area contributed by atoms with Crippen LogP contribution in [0.15, 0.2) is 53.4 Å². The minimum atomic E-state index is -3.93. The van der Waals surface area contributed by atoms with Gasteiger partial charge in [0.2, 0.25) is 10.0 Å². The van der Waals surface area contributed by atoms with Gasteiger partial charge in [-0.25, -0.2) is 8.42 Å². The maximum absolute atomic E-state index is 12.7. The summed E-state index contributed by atoms with van der Waals surface area (Å²) in [6.07, 6.45) is 0. The second-order valence-corrected chi connectivity index (χ2v) is 10.2. The molecule has 0 spiro atoms. The molecule has 0 aliphatic carbocycles. The van der Waals surface area contributed by atoms with Crippen LogP contribution >= 0.6 is 0 Å². The van der Waals surface area contributed by atoms with Crippen LogP contribution in [0.3, 0.4) is 0 Å². The van der Waals surface area contributed by atoms with E-state index in [9.17, 15) is 18.0 Å². The molecule has 10 heteroatoms. The van der Waals surface area contributed by atoms with Gasteiger partial charge in [-0.05, 0) is 49.2 Å². The molecule has 1 fully saturated rings. The molecule has 2 aromatic carbocycles. The Morgan fingerprint density at radius 2 is 1.65 bits per heavy atom. The molecule has 0 radical (unpaired) electrons. The highest BCUT2D eigenvalue weighted by atomic mass is 32.2. The molecular weight excluding hydrogens is 458 g/mol. The van der Waals surface area contributed by atoms with Crippen LogP contribution < -0.4 is 14.9 Å². The van der Waals surface area contributed by atoms with Gasteiger partial charge >= 0.3 is 5.97 Å². The number of hydrogen-bond donors (Lipinski definition) is 2. The first-order chi connectivity index (χ1) is 16.2. The molecule has 9 nitrogen and oxygen atoms in total. The van der Waals surface area contributed by atoms with Crippen molar-refractivity contribution in [3.8, 4) is 0 Å². The highest BCUT2D eigenvalue weighted by Gasteiger charge is 2.30. The monoisotopic (exact) mass is 489 g/mol. The van der Waals surface area contributed by atoms with Crippen molar-refractivity contribution >= 4 is 33.3 Å². The Morgan fingerprint density at radius 3 is 2.24 bits per heavy atom. The summed E-state index contributed by atoms with van der Waals surface area (Å²) < 4.78 is 38.2. The highest BCUT2D eigenvalue weighted by Crippen LogP contribution is 2.19. The van der Waals surface area contributed by atoms with Gasteiger partial charge < -0.3 is 19.7 Å². The van der Waals surface area contributed by atoms with E-state index in [2.05, 4.69) is 14.9 Å². The molecule has 0 aromatic heterocycles. The number of amides is 1. The molecule has 0 saturated carbocycles. The predicted octanol–water partition coefficient (Wildman–Crippen LogP) is 2.32. The summed E-state index contributed by atoms with van der Waals surface area (Å²) in [6.45, 7) is 7.70. The zero-order valence-corrected chi connectivity index (χ0v) is 20.4. The van der Waals surface area contributed by atoms with E-state index in [0.717, 1.165) is 24.3 Å². The van der Waals surface area contributed by atoms with Crippen molar-refractivity contribution in [2.75, 3.05) is 43.1 Å². The van der Waals surface area contributed by atoms with Crippen molar-refractivity contribution in [1.29, 1.82) is 0 Å². The van der Waals surface area contributed by atoms with E-state index < -0.39 is 34.5 Å². The summed E-state index contributed by atoms with van der Waals surface area (Å²) in [7, 11) is -3.93. The van der Waals surface area contributed by atoms with Crippen LogP contribution in [0.5, 0.6) is 0 Å². The molecule has 1 amide bonds. The molecule has 1 heterocycles. The lowest BCUT2D eigenvalue weighted by molar-refractivity contribution is -0.150. The van der Waals surface area contributed by atoms with Crippen LogP contribution in [-0.4, -0.2) is 59.2 Å². The molecule has 184 valence electrons. The molecule has 1 saturated heterocycles. The summed E-state index contributed by atoms with van der Waals surface area (Å²) in [5, 5.41) is 2.68. The first-order valence-corrected chi connectivity index (χ1v) is 12.6. The second-order valence-electron chi connectivity index (χ2n) is 8.46. The summed E-state index contributed by atoms with van der Waals surface area (Å²) >= 11 is 0. The lowest BCUT2D eigenvalue weighted by Crippen LogP contribution is -2.45. The number of aryl methyl sites for hydroxylation is 1. The SMILES string of the molecule is Cc1ccc(S(=O)(=O)N[C@H](C(=O)OCC(=O)Nc2ccc(N3CCOCC3)cc2)C(C)C)cc1. The fourth-order valence-corrected chi connectivity index (χ4v) is 4.74. The number of morpholine rings is 1. The smallest absolute Gasteiger partial charge is 0.324 e. The number of carbonyl (C=O) groups is 2. The summed E-state index contributed by atoms with van der Waals surface area (Å²) in [5.41, 5.74) is 2.52. The van der Waals surface area contributed by atoms with Crippen molar-refractivity contribution in [3.63, 3.8) is 0 Å². The van der Waals surface area contributed by atoms with E-state index in [1.165, 1.54) is 12.1 Å². The Hall–Kier alpha value is -2.95. The molecular formula is C24H31N3O6S. The molecule has 0 unspecified atom stereocenters. The Labute approximate surface area is 200 Å². The Balaban J connectivity index is 1.54. The fourth-order valence-electron chi connectivity index (χ4n) is 3.41. The first kappa shape index (κ1) is 25.7. The Morgan fingerprint density at radius 1 is 1.03 bits per heavy atom. The van der Waals surface area contributed by atoms with Gasteiger partial charge in [0, 0.05) is 24.5 Å². The van der Waals surface area contributed by atoms with E-state index in [1.807, 2.05) is 19.1 Å². The molecule has 0 bridgehead atoms. The average Bonchev–Trinajstić information content (AvgIpc) is 2.82. The highest BCUT2D eigenvalue weighted by molar-refractivity contribution is 7.89. The second kappa shape index (κ2) is 11.5. The molecule has 3 rings (SSSR count). The molecule has 1 aliphatic rings. The maximum Gasteiger partial charge on any atom is 0.324 e. The van der Waals surface area contributed by atoms with Gasteiger partial charge in [-0.15, -0.1) is 0 Å². The first-order valence-electron chi connectivity index (χ1n) is 11.1. The summed E-state index contributed by atoms with van der Waals surface area (Å²) in [6, 6.07) is 12.5. The third-order valence-electron chi connectivity index (χ3n) is 5.41. The third kappa shape index (κ3) is 7.02. The summed E-state index contributed by atoms with van der Waals surface area (Å²) in [5.74, 6) is -1.72. The van der Waals surface area contributed by atoms with Crippen LogP contribution in [0.1, 0.15) is 19.4 Å². The number of nitrogens with one attached hydrogen (secondary N) is 2. The molecule has 2 N–H and O–H groups in total. The van der Waals surface area contributed by atoms with E-state index in [-0.39, 0.29) is 10.8 Å². The van der Waals surface area contributed by atoms with Gasteiger partial charge in [0.1, 0.15) is 6.04 Å². The van der Waals surface area contributed by atoms with Gasteiger partial charge in [0.05, 0.1) is 18.1 Å². The molecule has 2 aromatic rings. The largest absolute Gasteiger partial charge is 0.454 e. The number of benzene rings is 2. The van der Waals surface area contributed by atoms with Gasteiger partial charge in [-0.1, -0.05) is 31.5 Å². The number of anilines is 2. The number of rotatable bonds is 9. The third-order valence-corrected chi connectivity index (χ3v) is 6.86. The van der Waals surface area contributed by atoms with Crippen LogP contribution in [0.25, 0.3) is 0 Å². The molecule has 1 aliphatic heterocycles. The lowest BCUT2D eigenvalue weighted by atomic mass is 10.1. The zero-order chi connectivity index (χ0) is 24.7. The maximum atomic E-state index is 12.7. The number of ether oxygens (including phenoxy) is 2. The normalized spacial score (nSPS) is 15.1. The number of carbonyl (C=O) groups excluding carboxylic acids is 2. The van der Waals surface area contributed by atoms with E-state index in [0.29, 0.717) is 18.9 Å². The Kier molecular flexibility index (Phi) is 8.65. The predicted molar refractivity (Wildman–Crippen MR) is 129 cm³/mol. The van der Waals surface area contributed by atoms with Crippen LogP contribution in [0, 0.1) is 12.8 Å². The van der Waals surface area contributed by atoms with Gasteiger partial charge in [-0.2, -0.15) is 4.72 Å². The molecule has 1 atom stereocenters. The average molecular weight is 490 g/mol. The van der Waals surface area contributed by atoms with Gasteiger partial charge in [0.15, 0.2) is 6.61 Å². The van der Waals surface area contributed by atoms with E-state index in [4.69, 9.17) is 9.47 Å². The van der Waals surface area contributed by atoms with Gasteiger partial charge in [0.25, 0.3) is 5.91 Å². The van der Waals surface area contributed by atoms with Crippen LogP contribution in [0.4, 0.5) is 11.4 Å². The number of esters is 1. The Bertz CT molecular complexity index is 1080. The van der Waals surface area contributed by atoms with Crippen molar-refractivity contribution in [2.45, 2.75) is 31.7 Å². The van der Waals surface area contributed by atoms with E-state index >= 15 is 0 Å². The van der Waals surface area contributed by atoms with Crippen molar-refractivity contribution in [1.82, 2.24) is 4.72 Å². The number of hydrogen-bond acceptors (Lipinski definition) is 7.